The van der Waals surface area contributed by atoms with Crippen LogP contribution in [0.4, 0.5) is 5.69 Å². The number of fused-ring (bicyclic) bond motifs is 3. The van der Waals surface area contributed by atoms with Crippen molar-refractivity contribution in [3.8, 4) is 5.75 Å². The number of benzene rings is 1. The molecule has 0 amide bonds. The fourth-order valence-corrected chi connectivity index (χ4v) is 3.64. The molecular formula is C21H18N2O4. The van der Waals surface area contributed by atoms with E-state index in [4.69, 9.17) is 4.74 Å². The third-order valence-electron chi connectivity index (χ3n) is 4.91. The van der Waals surface area contributed by atoms with E-state index in [1.165, 1.54) is 6.08 Å². The molecule has 0 bridgehead atoms. The second-order valence-corrected chi connectivity index (χ2v) is 6.65. The summed E-state index contributed by atoms with van der Waals surface area (Å²) in [6.07, 6.45) is 3.03. The minimum absolute atomic E-state index is 0.110. The molecule has 0 radical (unpaired) electrons. The Hall–Kier alpha value is -3.28. The highest BCUT2D eigenvalue weighted by molar-refractivity contribution is 6.28. The number of ketones is 3. The number of carbonyl (C=O) groups excluding carboxylic acids is 3. The highest BCUT2D eigenvalue weighted by Gasteiger charge is 2.35. The second kappa shape index (κ2) is 6.46. The minimum atomic E-state index is -0.336. The van der Waals surface area contributed by atoms with Gasteiger partial charge in [0.2, 0.25) is 5.78 Å². The summed E-state index contributed by atoms with van der Waals surface area (Å²) in [4.78, 5) is 42.7. The van der Waals surface area contributed by atoms with E-state index in [1.807, 2.05) is 0 Å². The normalized spacial score (nSPS) is 15.8. The Morgan fingerprint density at radius 2 is 1.74 bits per heavy atom. The predicted molar refractivity (Wildman–Crippen MR) is 99.6 cm³/mol. The van der Waals surface area contributed by atoms with Crippen LogP contribution in [0.2, 0.25) is 0 Å². The molecule has 2 aliphatic rings. The number of nitrogens with zero attached hydrogens (tertiary/aromatic N) is 1. The van der Waals surface area contributed by atoms with Gasteiger partial charge in [-0.25, -0.2) is 0 Å². The van der Waals surface area contributed by atoms with Gasteiger partial charge in [-0.05, 0) is 44.0 Å². The highest BCUT2D eigenvalue weighted by atomic mass is 16.5. The number of hydrogen-bond acceptors (Lipinski definition) is 6. The molecule has 1 aromatic carbocycles. The molecule has 0 spiro atoms. The van der Waals surface area contributed by atoms with Crippen molar-refractivity contribution in [2.45, 2.75) is 26.2 Å². The lowest BCUT2D eigenvalue weighted by Crippen LogP contribution is -2.28. The number of Topliss-reactive ketones (excluding diaryl/α,β-unsaturated/α-hetero) is 2. The maximum atomic E-state index is 13.0. The Bertz CT molecular complexity index is 1020. The first-order valence-corrected chi connectivity index (χ1v) is 8.78. The van der Waals surface area contributed by atoms with Gasteiger partial charge in [0.15, 0.2) is 11.6 Å². The van der Waals surface area contributed by atoms with Crippen LogP contribution >= 0.6 is 0 Å². The largest absolute Gasteiger partial charge is 0.497 e. The summed E-state index contributed by atoms with van der Waals surface area (Å²) in [6, 6.07) is 7.03. The topological polar surface area (TPSA) is 85.4 Å². The van der Waals surface area contributed by atoms with Crippen molar-refractivity contribution in [1.82, 2.24) is 4.98 Å². The molecule has 4 rings (SSSR count). The first-order valence-electron chi connectivity index (χ1n) is 8.78. The summed E-state index contributed by atoms with van der Waals surface area (Å²) in [6.45, 7) is 1.71. The van der Waals surface area contributed by atoms with E-state index < -0.39 is 0 Å². The van der Waals surface area contributed by atoms with Crippen LogP contribution in [0, 0.1) is 6.92 Å². The van der Waals surface area contributed by atoms with Crippen molar-refractivity contribution >= 4 is 23.0 Å². The predicted octanol–water partition coefficient (Wildman–Crippen LogP) is 3.29. The standard InChI is InChI=1S/C21H18N2O4/c1-11-18-20(19-14(22-11)4-3-5-16(19)24)17(25)10-15(21(18)26)23-12-6-8-13(27-2)9-7-12/h6-10,23H,3-5H2,1-2H3. The van der Waals surface area contributed by atoms with Crippen LogP contribution in [0.15, 0.2) is 36.0 Å². The lowest BCUT2D eigenvalue weighted by Gasteiger charge is -2.24. The first-order chi connectivity index (χ1) is 13.0. The van der Waals surface area contributed by atoms with Crippen LogP contribution in [-0.4, -0.2) is 29.4 Å². The molecule has 1 aromatic heterocycles. The second-order valence-electron chi connectivity index (χ2n) is 6.65. The number of nitrogens with one attached hydrogen (secondary N) is 1. The molecule has 0 aliphatic heterocycles. The molecule has 1 N–H and O–H groups in total. The van der Waals surface area contributed by atoms with Gasteiger partial charge in [0.05, 0.1) is 29.6 Å². The third kappa shape index (κ3) is 2.83. The van der Waals surface area contributed by atoms with Gasteiger partial charge in [0.1, 0.15) is 5.75 Å². The Balaban J connectivity index is 1.76. The average molecular weight is 362 g/mol. The van der Waals surface area contributed by atoms with Gasteiger partial charge in [-0.2, -0.15) is 0 Å². The number of ether oxygens (including phenoxy) is 1. The van der Waals surface area contributed by atoms with Gasteiger partial charge in [0, 0.05) is 29.4 Å². The Kier molecular flexibility index (Phi) is 4.11. The van der Waals surface area contributed by atoms with E-state index in [0.717, 1.165) is 6.42 Å². The summed E-state index contributed by atoms with van der Waals surface area (Å²) < 4.78 is 5.12. The van der Waals surface area contributed by atoms with Crippen molar-refractivity contribution < 1.29 is 19.1 Å². The molecule has 6 heteroatoms. The lowest BCUT2D eigenvalue weighted by atomic mass is 9.82. The van der Waals surface area contributed by atoms with E-state index in [0.29, 0.717) is 41.2 Å². The fourth-order valence-electron chi connectivity index (χ4n) is 3.64. The molecule has 0 saturated heterocycles. The van der Waals surface area contributed by atoms with E-state index in [9.17, 15) is 14.4 Å². The molecule has 2 aromatic rings. The molecule has 0 atom stereocenters. The van der Waals surface area contributed by atoms with Crippen molar-refractivity contribution in [1.29, 1.82) is 0 Å². The lowest BCUT2D eigenvalue weighted by molar-refractivity contribution is 0.0951. The number of aryl methyl sites for hydroxylation is 2. The number of pyridine rings is 1. The molecule has 0 saturated carbocycles. The van der Waals surface area contributed by atoms with Crippen molar-refractivity contribution in [3.63, 3.8) is 0 Å². The maximum absolute atomic E-state index is 13.0. The van der Waals surface area contributed by atoms with Crippen molar-refractivity contribution in [3.05, 3.63) is 64.1 Å². The third-order valence-corrected chi connectivity index (χ3v) is 4.91. The van der Waals surface area contributed by atoms with Crippen LogP contribution in [0.3, 0.4) is 0 Å². The summed E-state index contributed by atoms with van der Waals surface area (Å²) in [5.74, 6) is -0.0820. The number of aromatic nitrogens is 1. The van der Waals surface area contributed by atoms with Gasteiger partial charge >= 0.3 is 0 Å². The number of carbonyl (C=O) groups is 3. The molecule has 27 heavy (non-hydrogen) atoms. The summed E-state index contributed by atoms with van der Waals surface area (Å²) in [7, 11) is 1.57. The van der Waals surface area contributed by atoms with E-state index >= 15 is 0 Å². The van der Waals surface area contributed by atoms with Crippen LogP contribution in [0.1, 0.15) is 55.3 Å². The number of hydrogen-bond donors (Lipinski definition) is 1. The van der Waals surface area contributed by atoms with Crippen LogP contribution in [-0.2, 0) is 6.42 Å². The Morgan fingerprint density at radius 1 is 1.00 bits per heavy atom. The van der Waals surface area contributed by atoms with Crippen LogP contribution in [0.5, 0.6) is 5.75 Å². The zero-order chi connectivity index (χ0) is 19.1. The molecular weight excluding hydrogens is 344 g/mol. The van der Waals surface area contributed by atoms with Crippen LogP contribution in [0.25, 0.3) is 0 Å². The molecule has 2 aliphatic carbocycles. The van der Waals surface area contributed by atoms with Gasteiger partial charge < -0.3 is 10.1 Å². The molecule has 1 heterocycles. The SMILES string of the molecule is COc1ccc(NC2=CC(=O)c3c(c(C)nc4c3C(=O)CCC4)C2=O)cc1. The number of allylic oxidation sites excluding steroid dienone is 2. The number of rotatable bonds is 3. The molecule has 136 valence electrons. The Morgan fingerprint density at radius 3 is 2.44 bits per heavy atom. The zero-order valence-corrected chi connectivity index (χ0v) is 15.1. The van der Waals surface area contributed by atoms with E-state index in [1.54, 1.807) is 38.3 Å². The molecule has 0 fully saturated rings. The first kappa shape index (κ1) is 17.1. The maximum Gasteiger partial charge on any atom is 0.211 e. The van der Waals surface area contributed by atoms with Gasteiger partial charge in [-0.1, -0.05) is 0 Å². The highest BCUT2D eigenvalue weighted by Crippen LogP contribution is 2.32. The molecule has 6 nitrogen and oxygen atoms in total. The average Bonchev–Trinajstić information content (AvgIpc) is 2.66. The van der Waals surface area contributed by atoms with E-state index in [2.05, 4.69) is 10.3 Å². The fraction of sp³-hybridized carbons (Fsp3) is 0.238. The Labute approximate surface area is 156 Å². The summed E-state index contributed by atoms with van der Waals surface area (Å²) in [5.41, 5.74) is 2.72. The summed E-state index contributed by atoms with van der Waals surface area (Å²) >= 11 is 0. The monoisotopic (exact) mass is 362 g/mol. The van der Waals surface area contributed by atoms with Gasteiger partial charge in [0.25, 0.3) is 0 Å². The number of methoxy groups -OCH3 is 1. The quantitative estimate of drug-likeness (QED) is 0.902. The zero-order valence-electron chi connectivity index (χ0n) is 15.1. The van der Waals surface area contributed by atoms with Gasteiger partial charge in [-0.15, -0.1) is 0 Å². The summed E-state index contributed by atoms with van der Waals surface area (Å²) in [5, 5.41) is 2.99. The van der Waals surface area contributed by atoms with E-state index in [-0.39, 0.29) is 34.2 Å². The smallest absolute Gasteiger partial charge is 0.211 e. The minimum Gasteiger partial charge on any atom is -0.497 e. The molecule has 0 unspecified atom stereocenters. The number of anilines is 1. The van der Waals surface area contributed by atoms with Crippen molar-refractivity contribution in [2.75, 3.05) is 12.4 Å². The van der Waals surface area contributed by atoms with Crippen LogP contribution < -0.4 is 10.1 Å². The van der Waals surface area contributed by atoms with Gasteiger partial charge in [-0.3, -0.25) is 19.4 Å². The van der Waals surface area contributed by atoms with Crippen molar-refractivity contribution in [2.24, 2.45) is 0 Å².